The van der Waals surface area contributed by atoms with Crippen LogP contribution in [0, 0.1) is 0 Å². The summed E-state index contributed by atoms with van der Waals surface area (Å²) in [6.07, 6.45) is 2.80. The van der Waals surface area contributed by atoms with Crippen molar-refractivity contribution in [3.8, 4) is 5.75 Å². The molecule has 152 valence electrons. The molecule has 1 aliphatic heterocycles. The summed E-state index contributed by atoms with van der Waals surface area (Å²) in [6.45, 7) is 0.511. The Labute approximate surface area is 172 Å². The summed E-state index contributed by atoms with van der Waals surface area (Å²) < 4.78 is 16.7. The first-order valence-corrected chi connectivity index (χ1v) is 9.80. The van der Waals surface area contributed by atoms with E-state index in [-0.39, 0.29) is 17.6 Å². The lowest BCUT2D eigenvalue weighted by molar-refractivity contribution is -0.119. The summed E-state index contributed by atoms with van der Waals surface area (Å²) in [5.41, 5.74) is 1.93. The van der Waals surface area contributed by atoms with Crippen LogP contribution in [0.25, 0.3) is 21.9 Å². The van der Waals surface area contributed by atoms with Gasteiger partial charge in [-0.05, 0) is 37.1 Å². The maximum atomic E-state index is 13.1. The number of carbonyl (C=O) groups excluding carboxylic acids is 2. The second-order valence-corrected chi connectivity index (χ2v) is 7.27. The van der Waals surface area contributed by atoms with Crippen molar-refractivity contribution in [2.24, 2.45) is 0 Å². The number of methoxy groups -OCH3 is 1. The number of para-hydroxylation sites is 1. The first kappa shape index (κ1) is 18.3. The molecule has 30 heavy (non-hydrogen) atoms. The molecule has 5 rings (SSSR count). The fraction of sp³-hybridized carbons (Fsp3) is 0.217. The maximum absolute atomic E-state index is 13.1. The molecule has 2 amide bonds. The lowest BCUT2D eigenvalue weighted by Crippen LogP contribution is -2.43. The molecule has 2 aromatic carbocycles. The predicted molar refractivity (Wildman–Crippen MR) is 112 cm³/mol. The second-order valence-electron chi connectivity index (χ2n) is 7.27. The first-order valence-electron chi connectivity index (χ1n) is 9.80. The number of hydrogen-bond acceptors (Lipinski definition) is 5. The Morgan fingerprint density at radius 2 is 1.97 bits per heavy atom. The van der Waals surface area contributed by atoms with Gasteiger partial charge in [0.2, 0.25) is 5.91 Å². The largest absolute Gasteiger partial charge is 0.495 e. The highest BCUT2D eigenvalue weighted by molar-refractivity contribution is 6.08. The third kappa shape index (κ3) is 2.99. The number of rotatable bonds is 4. The van der Waals surface area contributed by atoms with E-state index in [1.165, 1.54) is 6.26 Å². The molecule has 7 heteroatoms. The Balaban J connectivity index is 1.45. The minimum atomic E-state index is -0.571. The average molecular weight is 404 g/mol. The molecule has 3 heterocycles. The molecule has 1 atom stereocenters. The van der Waals surface area contributed by atoms with Gasteiger partial charge in [0, 0.05) is 23.4 Å². The SMILES string of the molecule is COc1cc2c(cc1NC(=O)[C@@H]1CCCN1C(=O)c1ccco1)oc1ccccc12. The van der Waals surface area contributed by atoms with Crippen LogP contribution < -0.4 is 10.1 Å². The number of ether oxygens (including phenoxy) is 1. The lowest BCUT2D eigenvalue weighted by atomic mass is 10.1. The third-order valence-electron chi connectivity index (χ3n) is 5.50. The van der Waals surface area contributed by atoms with E-state index < -0.39 is 6.04 Å². The van der Waals surface area contributed by atoms with Gasteiger partial charge in [-0.2, -0.15) is 0 Å². The van der Waals surface area contributed by atoms with Crippen LogP contribution in [-0.4, -0.2) is 36.4 Å². The zero-order valence-corrected chi connectivity index (χ0v) is 16.4. The Bertz CT molecular complexity index is 1240. The molecule has 1 aliphatic rings. The highest BCUT2D eigenvalue weighted by atomic mass is 16.5. The van der Waals surface area contributed by atoms with E-state index in [1.54, 1.807) is 30.2 Å². The molecule has 1 saturated heterocycles. The van der Waals surface area contributed by atoms with Crippen molar-refractivity contribution in [1.82, 2.24) is 4.90 Å². The maximum Gasteiger partial charge on any atom is 0.290 e. The monoisotopic (exact) mass is 404 g/mol. The number of furan rings is 2. The van der Waals surface area contributed by atoms with Crippen molar-refractivity contribution in [3.63, 3.8) is 0 Å². The van der Waals surface area contributed by atoms with Crippen molar-refractivity contribution >= 4 is 39.4 Å². The van der Waals surface area contributed by atoms with Gasteiger partial charge in [0.1, 0.15) is 23.0 Å². The van der Waals surface area contributed by atoms with E-state index >= 15 is 0 Å². The minimum Gasteiger partial charge on any atom is -0.495 e. The van der Waals surface area contributed by atoms with E-state index in [1.807, 2.05) is 30.3 Å². The van der Waals surface area contributed by atoms with Crippen LogP contribution in [-0.2, 0) is 4.79 Å². The quantitative estimate of drug-likeness (QED) is 0.544. The molecule has 7 nitrogen and oxygen atoms in total. The molecule has 1 N–H and O–H groups in total. The van der Waals surface area contributed by atoms with Gasteiger partial charge < -0.3 is 23.8 Å². The molecule has 0 radical (unpaired) electrons. The summed E-state index contributed by atoms with van der Waals surface area (Å²) in [5.74, 6) is 0.221. The van der Waals surface area contributed by atoms with Gasteiger partial charge in [-0.1, -0.05) is 18.2 Å². The van der Waals surface area contributed by atoms with Crippen LogP contribution in [0.1, 0.15) is 23.4 Å². The number of likely N-dealkylation sites (tertiary alicyclic amines) is 1. The van der Waals surface area contributed by atoms with Crippen LogP contribution >= 0.6 is 0 Å². The number of carbonyl (C=O) groups is 2. The van der Waals surface area contributed by atoms with Gasteiger partial charge >= 0.3 is 0 Å². The predicted octanol–water partition coefficient (Wildman–Crippen LogP) is 4.43. The number of nitrogens with one attached hydrogen (secondary N) is 1. The zero-order valence-electron chi connectivity index (χ0n) is 16.4. The molecule has 2 aromatic heterocycles. The topological polar surface area (TPSA) is 84.9 Å². The Morgan fingerprint density at radius 3 is 2.77 bits per heavy atom. The summed E-state index contributed by atoms with van der Waals surface area (Å²) in [4.78, 5) is 27.3. The Hall–Kier alpha value is -3.74. The zero-order chi connectivity index (χ0) is 20.7. The number of benzene rings is 2. The van der Waals surface area contributed by atoms with Gasteiger partial charge in [-0.25, -0.2) is 0 Å². The molecule has 1 fully saturated rings. The third-order valence-corrected chi connectivity index (χ3v) is 5.50. The van der Waals surface area contributed by atoms with Gasteiger partial charge in [0.05, 0.1) is 19.1 Å². The molecular weight excluding hydrogens is 384 g/mol. The Kier molecular flexibility index (Phi) is 4.43. The van der Waals surface area contributed by atoms with Crippen molar-refractivity contribution in [1.29, 1.82) is 0 Å². The van der Waals surface area contributed by atoms with Crippen LogP contribution in [0.3, 0.4) is 0 Å². The summed E-state index contributed by atoms with van der Waals surface area (Å²) >= 11 is 0. The van der Waals surface area contributed by atoms with Crippen LogP contribution in [0.2, 0.25) is 0 Å². The molecule has 0 unspecified atom stereocenters. The van der Waals surface area contributed by atoms with Gasteiger partial charge in [0.25, 0.3) is 5.91 Å². The van der Waals surface area contributed by atoms with Crippen LogP contribution in [0.5, 0.6) is 5.75 Å². The molecule has 0 saturated carbocycles. The lowest BCUT2D eigenvalue weighted by Gasteiger charge is -2.23. The van der Waals surface area contributed by atoms with E-state index in [0.717, 1.165) is 22.8 Å². The van der Waals surface area contributed by atoms with E-state index in [0.29, 0.717) is 30.0 Å². The molecule has 4 aromatic rings. The minimum absolute atomic E-state index is 0.232. The number of anilines is 1. The number of amides is 2. The highest BCUT2D eigenvalue weighted by Crippen LogP contribution is 2.36. The molecule has 0 bridgehead atoms. The smallest absolute Gasteiger partial charge is 0.290 e. The number of nitrogens with zero attached hydrogens (tertiary/aromatic N) is 1. The summed E-state index contributed by atoms with van der Waals surface area (Å²) in [6, 6.07) is 14.1. The van der Waals surface area contributed by atoms with Crippen molar-refractivity contribution in [2.75, 3.05) is 19.0 Å². The first-order chi connectivity index (χ1) is 14.7. The Morgan fingerprint density at radius 1 is 1.10 bits per heavy atom. The van der Waals surface area contributed by atoms with Gasteiger partial charge in [0.15, 0.2) is 5.76 Å². The fourth-order valence-electron chi connectivity index (χ4n) is 4.06. The average Bonchev–Trinajstić information content (AvgIpc) is 3.52. The normalized spacial score (nSPS) is 16.3. The van der Waals surface area contributed by atoms with Crippen molar-refractivity contribution < 1.29 is 23.2 Å². The summed E-state index contributed by atoms with van der Waals surface area (Å²) in [5, 5.41) is 4.82. The highest BCUT2D eigenvalue weighted by Gasteiger charge is 2.36. The van der Waals surface area contributed by atoms with Crippen LogP contribution in [0.4, 0.5) is 5.69 Å². The van der Waals surface area contributed by atoms with Crippen LogP contribution in [0.15, 0.2) is 63.6 Å². The van der Waals surface area contributed by atoms with Crippen molar-refractivity contribution in [3.05, 3.63) is 60.6 Å². The number of fused-ring (bicyclic) bond motifs is 3. The van der Waals surface area contributed by atoms with Gasteiger partial charge in [-0.3, -0.25) is 9.59 Å². The fourth-order valence-corrected chi connectivity index (χ4v) is 4.06. The molecule has 0 aliphatic carbocycles. The van der Waals surface area contributed by atoms with Gasteiger partial charge in [-0.15, -0.1) is 0 Å². The van der Waals surface area contributed by atoms with E-state index in [2.05, 4.69) is 5.32 Å². The second kappa shape index (κ2) is 7.26. The standard InChI is InChI=1S/C23H20N2O5/c1-28-21-12-15-14-6-2-3-8-18(14)30-20(15)13-16(21)24-22(26)17-7-4-10-25(17)23(27)19-9-5-11-29-19/h2-3,5-6,8-9,11-13,17H,4,7,10H2,1H3,(H,24,26)/t17-/m0/s1. The number of hydrogen-bond donors (Lipinski definition) is 1. The van der Waals surface area contributed by atoms with E-state index in [4.69, 9.17) is 13.6 Å². The molecule has 0 spiro atoms. The summed E-state index contributed by atoms with van der Waals surface area (Å²) in [7, 11) is 1.56. The van der Waals surface area contributed by atoms with E-state index in [9.17, 15) is 9.59 Å². The van der Waals surface area contributed by atoms with Crippen molar-refractivity contribution in [2.45, 2.75) is 18.9 Å². The molecular formula is C23H20N2O5.